The summed E-state index contributed by atoms with van der Waals surface area (Å²) in [6.45, 7) is 4.41. The fourth-order valence-electron chi connectivity index (χ4n) is 3.16. The van der Waals surface area contributed by atoms with E-state index >= 15 is 0 Å². The van der Waals surface area contributed by atoms with Crippen molar-refractivity contribution in [1.29, 1.82) is 0 Å². The number of rotatable bonds is 5. The Labute approximate surface area is 116 Å². The predicted molar refractivity (Wildman–Crippen MR) is 77.7 cm³/mol. The first-order chi connectivity index (χ1) is 9.14. The quantitative estimate of drug-likeness (QED) is 0.878. The minimum Gasteiger partial charge on any atom is -0.497 e. The minimum absolute atomic E-state index is 0.0388. The van der Waals surface area contributed by atoms with Crippen LogP contribution in [0.5, 0.6) is 11.5 Å². The van der Waals surface area contributed by atoms with E-state index in [2.05, 4.69) is 13.8 Å². The lowest BCUT2D eigenvalue weighted by atomic mass is 9.81. The van der Waals surface area contributed by atoms with Crippen LogP contribution in [0.3, 0.4) is 0 Å². The van der Waals surface area contributed by atoms with Gasteiger partial charge in [-0.15, -0.1) is 0 Å². The summed E-state index contributed by atoms with van der Waals surface area (Å²) in [6, 6.07) is 5.98. The van der Waals surface area contributed by atoms with Gasteiger partial charge in [0.2, 0.25) is 0 Å². The molecule has 1 heterocycles. The van der Waals surface area contributed by atoms with E-state index in [0.717, 1.165) is 49.2 Å². The summed E-state index contributed by atoms with van der Waals surface area (Å²) >= 11 is 0. The van der Waals surface area contributed by atoms with Gasteiger partial charge >= 0.3 is 0 Å². The highest BCUT2D eigenvalue weighted by molar-refractivity contribution is 5.44. The average molecular weight is 263 g/mol. The monoisotopic (exact) mass is 263 g/mol. The van der Waals surface area contributed by atoms with Crippen LogP contribution in [-0.2, 0) is 0 Å². The molecule has 1 aliphatic heterocycles. The highest BCUT2D eigenvalue weighted by Gasteiger charge is 2.38. The van der Waals surface area contributed by atoms with E-state index in [9.17, 15) is 0 Å². The predicted octanol–water partition coefficient (Wildman–Crippen LogP) is 3.82. The summed E-state index contributed by atoms with van der Waals surface area (Å²) in [5.41, 5.74) is 7.36. The van der Waals surface area contributed by atoms with Crippen molar-refractivity contribution in [3.63, 3.8) is 0 Å². The normalized spacial score (nSPS) is 20.5. The third kappa shape index (κ3) is 2.86. The molecule has 0 radical (unpaired) electrons. The smallest absolute Gasteiger partial charge is 0.125 e. The molecule has 1 atom stereocenters. The van der Waals surface area contributed by atoms with Crippen LogP contribution in [0.25, 0.3) is 0 Å². The molecule has 0 aliphatic carbocycles. The van der Waals surface area contributed by atoms with Crippen molar-refractivity contribution in [2.45, 2.75) is 57.6 Å². The van der Waals surface area contributed by atoms with Crippen LogP contribution in [0.1, 0.15) is 57.6 Å². The Hall–Kier alpha value is -1.22. The topological polar surface area (TPSA) is 44.5 Å². The van der Waals surface area contributed by atoms with Crippen LogP contribution < -0.4 is 15.2 Å². The second-order valence-electron chi connectivity index (χ2n) is 5.50. The Kier molecular flexibility index (Phi) is 4.35. The van der Waals surface area contributed by atoms with Crippen molar-refractivity contribution >= 4 is 0 Å². The molecule has 1 aliphatic rings. The Bertz CT molecular complexity index is 425. The molecule has 0 saturated carbocycles. The van der Waals surface area contributed by atoms with Crippen molar-refractivity contribution in [3.05, 3.63) is 23.8 Å². The maximum atomic E-state index is 6.37. The van der Waals surface area contributed by atoms with E-state index in [-0.39, 0.29) is 11.6 Å². The van der Waals surface area contributed by atoms with Crippen LogP contribution >= 0.6 is 0 Å². The number of fused-ring (bicyclic) bond motifs is 1. The van der Waals surface area contributed by atoms with E-state index in [1.165, 1.54) is 0 Å². The molecule has 19 heavy (non-hydrogen) atoms. The lowest BCUT2D eigenvalue weighted by molar-refractivity contribution is 0.0178. The fourth-order valence-corrected chi connectivity index (χ4v) is 3.16. The number of hydrogen-bond donors (Lipinski definition) is 1. The summed E-state index contributed by atoms with van der Waals surface area (Å²) in [5, 5.41) is 0. The molecule has 1 aromatic rings. The molecule has 2 N–H and O–H groups in total. The van der Waals surface area contributed by atoms with Gasteiger partial charge in [-0.3, -0.25) is 0 Å². The van der Waals surface area contributed by atoms with Gasteiger partial charge in [0.25, 0.3) is 0 Å². The van der Waals surface area contributed by atoms with Gasteiger partial charge in [-0.25, -0.2) is 0 Å². The molecule has 1 unspecified atom stereocenters. The van der Waals surface area contributed by atoms with E-state index in [0.29, 0.717) is 0 Å². The van der Waals surface area contributed by atoms with E-state index in [1.54, 1.807) is 7.11 Å². The van der Waals surface area contributed by atoms with E-state index in [1.807, 2.05) is 18.2 Å². The van der Waals surface area contributed by atoms with Crippen molar-refractivity contribution in [3.8, 4) is 11.5 Å². The van der Waals surface area contributed by atoms with Crippen molar-refractivity contribution in [2.24, 2.45) is 5.73 Å². The van der Waals surface area contributed by atoms with E-state index in [4.69, 9.17) is 15.2 Å². The van der Waals surface area contributed by atoms with Crippen LogP contribution in [0, 0.1) is 0 Å². The SMILES string of the molecule is CCCC1(CCC)CC(N)c2cc(OC)ccc2O1. The molecular weight excluding hydrogens is 238 g/mol. The number of nitrogens with two attached hydrogens (primary N) is 1. The number of methoxy groups -OCH3 is 1. The summed E-state index contributed by atoms with van der Waals surface area (Å²) in [4.78, 5) is 0. The average Bonchev–Trinajstić information content (AvgIpc) is 2.39. The molecule has 3 heteroatoms. The molecule has 0 spiro atoms. The minimum atomic E-state index is -0.0789. The maximum absolute atomic E-state index is 6.37. The molecule has 3 nitrogen and oxygen atoms in total. The lowest BCUT2D eigenvalue weighted by Crippen LogP contribution is -2.42. The molecule has 0 aromatic heterocycles. The van der Waals surface area contributed by atoms with Gasteiger partial charge < -0.3 is 15.2 Å². The van der Waals surface area contributed by atoms with Crippen LogP contribution in [-0.4, -0.2) is 12.7 Å². The Morgan fingerprint density at radius 1 is 1.32 bits per heavy atom. The van der Waals surface area contributed by atoms with Gasteiger partial charge in [0, 0.05) is 18.0 Å². The largest absolute Gasteiger partial charge is 0.497 e. The van der Waals surface area contributed by atoms with Gasteiger partial charge in [0.15, 0.2) is 0 Å². The summed E-state index contributed by atoms with van der Waals surface area (Å²) in [6.07, 6.45) is 5.28. The van der Waals surface area contributed by atoms with Crippen molar-refractivity contribution in [1.82, 2.24) is 0 Å². The van der Waals surface area contributed by atoms with Crippen molar-refractivity contribution < 1.29 is 9.47 Å². The van der Waals surface area contributed by atoms with Gasteiger partial charge in [-0.1, -0.05) is 26.7 Å². The Morgan fingerprint density at radius 3 is 2.58 bits per heavy atom. The second kappa shape index (κ2) is 5.83. The Balaban J connectivity index is 2.32. The molecule has 0 fully saturated rings. The van der Waals surface area contributed by atoms with Crippen LogP contribution in [0.4, 0.5) is 0 Å². The zero-order valence-corrected chi connectivity index (χ0v) is 12.2. The molecule has 0 saturated heterocycles. The first-order valence-corrected chi connectivity index (χ1v) is 7.26. The highest BCUT2D eigenvalue weighted by atomic mass is 16.5. The number of benzene rings is 1. The molecule has 0 bridgehead atoms. The van der Waals surface area contributed by atoms with Gasteiger partial charge in [0.1, 0.15) is 17.1 Å². The second-order valence-corrected chi connectivity index (χ2v) is 5.50. The molecular formula is C16H25NO2. The zero-order chi connectivity index (χ0) is 13.9. The summed E-state index contributed by atoms with van der Waals surface area (Å²) < 4.78 is 11.6. The van der Waals surface area contributed by atoms with Crippen LogP contribution in [0.15, 0.2) is 18.2 Å². The standard InChI is InChI=1S/C16H25NO2/c1-4-8-16(9-5-2)11-14(17)13-10-12(18-3)6-7-15(13)19-16/h6-7,10,14H,4-5,8-9,11,17H2,1-3H3. The summed E-state index contributed by atoms with van der Waals surface area (Å²) in [5.74, 6) is 1.78. The maximum Gasteiger partial charge on any atom is 0.125 e. The number of hydrogen-bond acceptors (Lipinski definition) is 3. The van der Waals surface area contributed by atoms with Crippen LogP contribution in [0.2, 0.25) is 0 Å². The third-order valence-electron chi connectivity index (χ3n) is 3.95. The Morgan fingerprint density at radius 2 is 2.00 bits per heavy atom. The fraction of sp³-hybridized carbons (Fsp3) is 0.625. The number of ether oxygens (including phenoxy) is 2. The first kappa shape index (κ1) is 14.2. The van der Waals surface area contributed by atoms with Gasteiger partial charge in [0.05, 0.1) is 7.11 Å². The van der Waals surface area contributed by atoms with E-state index < -0.39 is 0 Å². The molecule has 2 rings (SSSR count). The third-order valence-corrected chi connectivity index (χ3v) is 3.95. The first-order valence-electron chi connectivity index (χ1n) is 7.26. The molecule has 0 amide bonds. The highest BCUT2D eigenvalue weighted by Crippen LogP contribution is 2.43. The zero-order valence-electron chi connectivity index (χ0n) is 12.2. The lowest BCUT2D eigenvalue weighted by Gasteiger charge is -2.41. The van der Waals surface area contributed by atoms with Gasteiger partial charge in [-0.2, -0.15) is 0 Å². The molecule has 106 valence electrons. The molecule has 1 aromatic carbocycles. The van der Waals surface area contributed by atoms with Crippen molar-refractivity contribution in [2.75, 3.05) is 7.11 Å². The summed E-state index contributed by atoms with van der Waals surface area (Å²) in [7, 11) is 1.68. The van der Waals surface area contributed by atoms with Gasteiger partial charge in [-0.05, 0) is 31.0 Å².